The fourth-order valence-corrected chi connectivity index (χ4v) is 2.32. The summed E-state index contributed by atoms with van der Waals surface area (Å²) in [6.45, 7) is 1.69. The van der Waals surface area contributed by atoms with Gasteiger partial charge in [0.1, 0.15) is 16.7 Å². The molecule has 1 aromatic carbocycles. The van der Waals surface area contributed by atoms with Crippen molar-refractivity contribution in [3.8, 4) is 11.6 Å². The van der Waals surface area contributed by atoms with Crippen molar-refractivity contribution in [3.63, 3.8) is 0 Å². The monoisotopic (exact) mass is 298 g/mol. The summed E-state index contributed by atoms with van der Waals surface area (Å²) in [4.78, 5) is 8.15. The van der Waals surface area contributed by atoms with Gasteiger partial charge in [0, 0.05) is 12.3 Å². The van der Waals surface area contributed by atoms with Crippen LogP contribution in [-0.4, -0.2) is 24.6 Å². The van der Waals surface area contributed by atoms with Gasteiger partial charge in [-0.15, -0.1) is 0 Å². The highest BCUT2D eigenvalue weighted by Crippen LogP contribution is 2.24. The molecule has 2 aromatic rings. The van der Waals surface area contributed by atoms with Crippen LogP contribution in [0.4, 0.5) is 0 Å². The minimum Gasteiger partial charge on any atom is -0.439 e. The Bertz CT molecular complexity index is 696. The van der Waals surface area contributed by atoms with Gasteiger partial charge in [-0.25, -0.2) is 13.4 Å². The molecule has 0 atom stereocenters. The molecule has 5 nitrogen and oxygen atoms in total. The number of ether oxygens (including phenoxy) is 1. The maximum atomic E-state index is 11.4. The van der Waals surface area contributed by atoms with Crippen LogP contribution in [0.2, 0.25) is 5.15 Å². The van der Waals surface area contributed by atoms with E-state index in [0.29, 0.717) is 11.6 Å². The Balaban J connectivity index is 2.33. The van der Waals surface area contributed by atoms with E-state index in [0.717, 1.165) is 6.26 Å². The highest BCUT2D eigenvalue weighted by atomic mass is 35.5. The van der Waals surface area contributed by atoms with Gasteiger partial charge in [0.2, 0.25) is 5.88 Å². The highest BCUT2D eigenvalue weighted by Gasteiger charge is 2.09. The molecule has 0 bridgehead atoms. The molecule has 19 heavy (non-hydrogen) atoms. The van der Waals surface area contributed by atoms with Gasteiger partial charge in [-0.2, -0.15) is 4.98 Å². The van der Waals surface area contributed by atoms with Crippen LogP contribution in [-0.2, 0) is 9.84 Å². The first-order valence-electron chi connectivity index (χ1n) is 5.34. The van der Waals surface area contributed by atoms with Crippen LogP contribution in [0.1, 0.15) is 5.82 Å². The smallest absolute Gasteiger partial charge is 0.224 e. The van der Waals surface area contributed by atoms with Crippen molar-refractivity contribution in [2.24, 2.45) is 0 Å². The number of sulfone groups is 1. The molecule has 0 radical (unpaired) electrons. The van der Waals surface area contributed by atoms with Crippen molar-refractivity contribution in [2.45, 2.75) is 11.8 Å². The van der Waals surface area contributed by atoms with Gasteiger partial charge in [0.15, 0.2) is 9.84 Å². The van der Waals surface area contributed by atoms with Gasteiger partial charge in [0.05, 0.1) is 4.90 Å². The Morgan fingerprint density at radius 3 is 2.58 bits per heavy atom. The number of aryl methyl sites for hydroxylation is 1. The summed E-state index contributed by atoms with van der Waals surface area (Å²) in [7, 11) is -3.27. The Morgan fingerprint density at radius 2 is 1.95 bits per heavy atom. The molecule has 1 aromatic heterocycles. The van der Waals surface area contributed by atoms with E-state index in [2.05, 4.69) is 9.97 Å². The predicted octanol–water partition coefficient (Wildman–Crippen LogP) is 2.63. The molecule has 0 aliphatic rings. The summed E-state index contributed by atoms with van der Waals surface area (Å²) in [6.07, 6.45) is 1.14. The van der Waals surface area contributed by atoms with Crippen LogP contribution in [0, 0.1) is 6.92 Å². The number of hydrogen-bond acceptors (Lipinski definition) is 5. The first-order chi connectivity index (χ1) is 8.84. The van der Waals surface area contributed by atoms with E-state index in [1.165, 1.54) is 18.2 Å². The number of nitrogens with zero attached hydrogens (tertiary/aromatic N) is 2. The largest absolute Gasteiger partial charge is 0.439 e. The van der Waals surface area contributed by atoms with Crippen LogP contribution in [0.3, 0.4) is 0 Å². The number of halogens is 1. The Morgan fingerprint density at radius 1 is 1.21 bits per heavy atom. The summed E-state index contributed by atoms with van der Waals surface area (Å²) >= 11 is 5.79. The van der Waals surface area contributed by atoms with Crippen molar-refractivity contribution in [1.82, 2.24) is 9.97 Å². The van der Waals surface area contributed by atoms with E-state index in [-0.39, 0.29) is 15.9 Å². The lowest BCUT2D eigenvalue weighted by molar-refractivity contribution is 0.458. The lowest BCUT2D eigenvalue weighted by Gasteiger charge is -2.06. The van der Waals surface area contributed by atoms with E-state index in [4.69, 9.17) is 16.3 Å². The molecule has 100 valence electrons. The molecular weight excluding hydrogens is 288 g/mol. The van der Waals surface area contributed by atoms with E-state index < -0.39 is 9.84 Å². The molecule has 0 unspecified atom stereocenters. The molecule has 0 saturated carbocycles. The van der Waals surface area contributed by atoms with Crippen molar-refractivity contribution < 1.29 is 13.2 Å². The minimum absolute atomic E-state index is 0.182. The molecule has 1 heterocycles. The number of rotatable bonds is 3. The third-order valence-corrected chi connectivity index (χ3v) is 3.54. The zero-order chi connectivity index (χ0) is 14.0. The molecule has 0 spiro atoms. The lowest BCUT2D eigenvalue weighted by atomic mass is 10.3. The second-order valence-electron chi connectivity index (χ2n) is 3.93. The Kier molecular flexibility index (Phi) is 3.73. The molecule has 2 rings (SSSR count). The van der Waals surface area contributed by atoms with Crippen molar-refractivity contribution in [2.75, 3.05) is 6.26 Å². The number of hydrogen-bond donors (Lipinski definition) is 0. The molecular formula is C12H11ClN2O3S. The average Bonchev–Trinajstić information content (AvgIpc) is 2.26. The first kappa shape index (κ1) is 13.8. The average molecular weight is 299 g/mol. The van der Waals surface area contributed by atoms with Gasteiger partial charge in [-0.05, 0) is 25.1 Å². The summed E-state index contributed by atoms with van der Waals surface area (Å²) in [5.74, 6) is 1.11. The molecule has 0 fully saturated rings. The van der Waals surface area contributed by atoms with Gasteiger partial charge in [-0.1, -0.05) is 17.7 Å². The lowest BCUT2D eigenvalue weighted by Crippen LogP contribution is -1.98. The van der Waals surface area contributed by atoms with Crippen molar-refractivity contribution in [1.29, 1.82) is 0 Å². The van der Waals surface area contributed by atoms with Crippen LogP contribution in [0.25, 0.3) is 0 Å². The van der Waals surface area contributed by atoms with E-state index in [1.807, 2.05) is 0 Å². The van der Waals surface area contributed by atoms with E-state index in [9.17, 15) is 8.42 Å². The zero-order valence-corrected chi connectivity index (χ0v) is 11.9. The molecule has 0 N–H and O–H groups in total. The maximum Gasteiger partial charge on any atom is 0.224 e. The Hall–Kier alpha value is -1.66. The normalized spacial score (nSPS) is 11.3. The van der Waals surface area contributed by atoms with Crippen molar-refractivity contribution in [3.05, 3.63) is 41.3 Å². The molecule has 7 heteroatoms. The van der Waals surface area contributed by atoms with Gasteiger partial charge < -0.3 is 4.74 Å². The summed E-state index contributed by atoms with van der Waals surface area (Å²) in [5.41, 5.74) is 0. The Labute approximate surface area is 116 Å². The topological polar surface area (TPSA) is 69.2 Å². The first-order valence-corrected chi connectivity index (χ1v) is 7.61. The van der Waals surface area contributed by atoms with Gasteiger partial charge >= 0.3 is 0 Å². The second-order valence-corrected chi connectivity index (χ2v) is 6.33. The standard InChI is InChI=1S/C12H11ClN2O3S/c1-8-14-11(13)7-12(15-8)18-9-4-3-5-10(6-9)19(2,16)17/h3-7H,1-2H3. The molecule has 0 aliphatic heterocycles. The van der Waals surface area contributed by atoms with Crippen LogP contribution < -0.4 is 4.74 Å². The summed E-state index contributed by atoms with van der Waals surface area (Å²) < 4.78 is 28.4. The van der Waals surface area contributed by atoms with Crippen LogP contribution in [0.15, 0.2) is 35.2 Å². The zero-order valence-electron chi connectivity index (χ0n) is 10.3. The predicted molar refractivity (Wildman–Crippen MR) is 71.4 cm³/mol. The number of benzene rings is 1. The van der Waals surface area contributed by atoms with Crippen LogP contribution >= 0.6 is 11.6 Å². The summed E-state index contributed by atoms with van der Waals surface area (Å²) in [5, 5.41) is 0.266. The van der Waals surface area contributed by atoms with E-state index >= 15 is 0 Å². The fraction of sp³-hybridized carbons (Fsp3) is 0.167. The van der Waals surface area contributed by atoms with Gasteiger partial charge in [-0.3, -0.25) is 0 Å². The quantitative estimate of drug-likeness (QED) is 0.815. The molecule has 0 amide bonds. The minimum atomic E-state index is -3.27. The molecule has 0 saturated heterocycles. The SMILES string of the molecule is Cc1nc(Cl)cc(Oc2cccc(S(C)(=O)=O)c2)n1. The fourth-order valence-electron chi connectivity index (χ4n) is 1.45. The third kappa shape index (κ3) is 3.65. The third-order valence-electron chi connectivity index (χ3n) is 2.24. The van der Waals surface area contributed by atoms with Crippen molar-refractivity contribution >= 4 is 21.4 Å². The van der Waals surface area contributed by atoms with Gasteiger partial charge in [0.25, 0.3) is 0 Å². The maximum absolute atomic E-state index is 11.4. The number of aromatic nitrogens is 2. The van der Waals surface area contributed by atoms with Crippen LogP contribution in [0.5, 0.6) is 11.6 Å². The summed E-state index contributed by atoms with van der Waals surface area (Å²) in [6, 6.07) is 7.63. The highest BCUT2D eigenvalue weighted by molar-refractivity contribution is 7.90. The second kappa shape index (κ2) is 5.14. The molecule has 0 aliphatic carbocycles. The van der Waals surface area contributed by atoms with E-state index in [1.54, 1.807) is 19.1 Å².